The summed E-state index contributed by atoms with van der Waals surface area (Å²) >= 11 is 0. The molecule has 4 aromatic heterocycles. The van der Waals surface area contributed by atoms with E-state index >= 15 is 0 Å². The number of pyridine rings is 1. The number of benzene rings is 1. The van der Waals surface area contributed by atoms with Gasteiger partial charge in [-0.25, -0.2) is 9.97 Å². The van der Waals surface area contributed by atoms with Gasteiger partial charge in [-0.15, -0.1) is 0 Å². The Kier molecular flexibility index (Phi) is 6.13. The van der Waals surface area contributed by atoms with Gasteiger partial charge in [0.2, 0.25) is 5.82 Å². The van der Waals surface area contributed by atoms with Crippen molar-refractivity contribution in [1.29, 1.82) is 0 Å². The molecule has 43 heavy (non-hydrogen) atoms. The molecule has 2 bridgehead atoms. The van der Waals surface area contributed by atoms with Crippen LogP contribution in [0.15, 0.2) is 55.1 Å². The zero-order chi connectivity index (χ0) is 29.1. The standard InChI is InChI=1S/C32H33N9O2/c1-2-43-24-10-5-18(6-11-24)26-12-7-20(15-34-26)25-16-37-41-29(33)27(19-3-4-19)28(38-31(25)41)21-13-22-8-9-23(14-21)40(22)32(42)30-35-17-36-39-30/h5-7,10-12,15-17,19,21-23H,2-4,8-9,13-14,33H2,1H3,(H,35,36,39). The monoisotopic (exact) mass is 575 g/mol. The maximum Gasteiger partial charge on any atom is 0.291 e. The number of piperidine rings is 1. The van der Waals surface area contributed by atoms with Crippen molar-refractivity contribution in [2.45, 2.75) is 69.4 Å². The number of hydrogen-bond donors (Lipinski definition) is 2. The highest BCUT2D eigenvalue weighted by Crippen LogP contribution is 2.50. The fourth-order valence-corrected chi connectivity index (χ4v) is 7.13. The van der Waals surface area contributed by atoms with Gasteiger partial charge in [0.15, 0.2) is 5.65 Å². The second-order valence-electron chi connectivity index (χ2n) is 11.9. The van der Waals surface area contributed by atoms with Crippen LogP contribution in [-0.4, -0.2) is 64.3 Å². The number of anilines is 1. The molecular formula is C32H33N9O2. The number of nitrogens with two attached hydrogens (primary N) is 1. The van der Waals surface area contributed by atoms with Crippen molar-refractivity contribution in [1.82, 2.24) is 39.7 Å². The molecule has 3 N–H and O–H groups in total. The lowest BCUT2D eigenvalue weighted by molar-refractivity contribution is 0.0557. The van der Waals surface area contributed by atoms with Crippen LogP contribution in [0, 0.1) is 0 Å². The predicted octanol–water partition coefficient (Wildman–Crippen LogP) is 4.99. The molecule has 1 saturated carbocycles. The quantitative estimate of drug-likeness (QED) is 0.277. The van der Waals surface area contributed by atoms with Crippen molar-refractivity contribution in [3.05, 3.63) is 72.2 Å². The number of hydrogen-bond acceptors (Lipinski definition) is 8. The summed E-state index contributed by atoms with van der Waals surface area (Å²) in [6.45, 7) is 2.61. The molecule has 2 unspecified atom stereocenters. The second kappa shape index (κ2) is 10.2. The van der Waals surface area contributed by atoms with Crippen LogP contribution in [0.25, 0.3) is 28.0 Å². The van der Waals surface area contributed by atoms with E-state index in [-0.39, 0.29) is 23.9 Å². The van der Waals surface area contributed by atoms with Crippen LogP contribution in [-0.2, 0) is 0 Å². The minimum atomic E-state index is -0.0620. The Morgan fingerprint density at radius 1 is 0.977 bits per heavy atom. The van der Waals surface area contributed by atoms with Crippen LogP contribution in [0.4, 0.5) is 5.82 Å². The maximum absolute atomic E-state index is 13.2. The highest BCUT2D eigenvalue weighted by Gasteiger charge is 2.46. The largest absolute Gasteiger partial charge is 0.494 e. The fourth-order valence-electron chi connectivity index (χ4n) is 7.13. The predicted molar refractivity (Wildman–Crippen MR) is 161 cm³/mol. The van der Waals surface area contributed by atoms with E-state index in [2.05, 4.69) is 26.3 Å². The number of aromatic amines is 1. The molecule has 2 atom stereocenters. The maximum atomic E-state index is 13.2. The summed E-state index contributed by atoms with van der Waals surface area (Å²) in [5, 5.41) is 11.3. The molecule has 2 aliphatic heterocycles. The number of carbonyl (C=O) groups excluding carboxylic acids is 1. The third kappa shape index (κ3) is 4.41. The fraction of sp³-hybridized carbons (Fsp3) is 0.375. The Morgan fingerprint density at radius 3 is 2.40 bits per heavy atom. The molecule has 8 rings (SSSR count). The summed E-state index contributed by atoms with van der Waals surface area (Å²) in [7, 11) is 0. The summed E-state index contributed by atoms with van der Waals surface area (Å²) < 4.78 is 7.37. The van der Waals surface area contributed by atoms with E-state index in [1.165, 1.54) is 6.33 Å². The highest BCUT2D eigenvalue weighted by atomic mass is 16.5. The molecular weight excluding hydrogens is 542 g/mol. The lowest BCUT2D eigenvalue weighted by atomic mass is 9.85. The minimum absolute atomic E-state index is 0.0620. The number of nitrogen functional groups attached to an aromatic ring is 1. The highest BCUT2D eigenvalue weighted by molar-refractivity contribution is 5.91. The average molecular weight is 576 g/mol. The van der Waals surface area contributed by atoms with E-state index in [1.54, 1.807) is 4.52 Å². The van der Waals surface area contributed by atoms with Crippen LogP contribution < -0.4 is 10.5 Å². The van der Waals surface area contributed by atoms with Crippen molar-refractivity contribution in [2.24, 2.45) is 0 Å². The third-order valence-corrected chi connectivity index (χ3v) is 9.24. The van der Waals surface area contributed by atoms with Gasteiger partial charge in [0.05, 0.1) is 24.2 Å². The molecule has 1 amide bonds. The first-order valence-corrected chi connectivity index (χ1v) is 15.1. The van der Waals surface area contributed by atoms with E-state index in [4.69, 9.17) is 20.4 Å². The van der Waals surface area contributed by atoms with E-state index in [0.29, 0.717) is 24.2 Å². The summed E-state index contributed by atoms with van der Waals surface area (Å²) in [4.78, 5) is 29.5. The molecule has 11 heteroatoms. The van der Waals surface area contributed by atoms with Crippen LogP contribution >= 0.6 is 0 Å². The smallest absolute Gasteiger partial charge is 0.291 e. The van der Waals surface area contributed by atoms with E-state index in [1.807, 2.05) is 54.5 Å². The van der Waals surface area contributed by atoms with Crippen LogP contribution in [0.5, 0.6) is 5.75 Å². The topological polar surface area (TPSA) is 140 Å². The molecule has 1 aliphatic carbocycles. The Morgan fingerprint density at radius 2 is 1.74 bits per heavy atom. The Labute approximate surface area is 248 Å². The van der Waals surface area contributed by atoms with Gasteiger partial charge in [0, 0.05) is 46.5 Å². The van der Waals surface area contributed by atoms with Gasteiger partial charge in [0.1, 0.15) is 17.9 Å². The molecule has 6 heterocycles. The van der Waals surface area contributed by atoms with Crippen molar-refractivity contribution in [3.63, 3.8) is 0 Å². The van der Waals surface area contributed by atoms with Gasteiger partial charge in [-0.2, -0.15) is 14.7 Å². The number of nitrogens with zero attached hydrogens (tertiary/aromatic N) is 7. The molecule has 0 spiro atoms. The lowest BCUT2D eigenvalue weighted by Crippen LogP contribution is -2.46. The summed E-state index contributed by atoms with van der Waals surface area (Å²) in [5.74, 6) is 2.42. The second-order valence-corrected chi connectivity index (χ2v) is 11.9. The molecule has 11 nitrogen and oxygen atoms in total. The van der Waals surface area contributed by atoms with Gasteiger partial charge in [-0.1, -0.05) is 6.07 Å². The Bertz CT molecular complexity index is 1780. The number of rotatable bonds is 7. The molecule has 218 valence electrons. The summed E-state index contributed by atoms with van der Waals surface area (Å²) in [6.07, 6.45) is 11.0. The third-order valence-electron chi connectivity index (χ3n) is 9.24. The number of fused-ring (bicyclic) bond motifs is 3. The van der Waals surface area contributed by atoms with Crippen LogP contribution in [0.2, 0.25) is 0 Å². The minimum Gasteiger partial charge on any atom is -0.494 e. The molecule has 3 aliphatic rings. The first-order chi connectivity index (χ1) is 21.1. The number of amides is 1. The zero-order valence-corrected chi connectivity index (χ0v) is 24.0. The van der Waals surface area contributed by atoms with Crippen molar-refractivity contribution in [3.8, 4) is 28.1 Å². The van der Waals surface area contributed by atoms with E-state index in [0.717, 1.165) is 83.6 Å². The zero-order valence-electron chi connectivity index (χ0n) is 24.0. The number of aromatic nitrogens is 7. The first-order valence-electron chi connectivity index (χ1n) is 15.1. The molecule has 3 fully saturated rings. The number of H-pyrrole nitrogens is 1. The number of ether oxygens (including phenoxy) is 1. The van der Waals surface area contributed by atoms with Gasteiger partial charge < -0.3 is 15.4 Å². The molecule has 5 aromatic rings. The molecule has 2 saturated heterocycles. The van der Waals surface area contributed by atoms with Gasteiger partial charge >= 0.3 is 0 Å². The molecule has 0 radical (unpaired) electrons. The Hall–Kier alpha value is -4.80. The lowest BCUT2D eigenvalue weighted by Gasteiger charge is -2.39. The SMILES string of the molecule is CCOc1ccc(-c2ccc(-c3cnn4c(N)c(C5CC5)c(C5CC6CCC(C5)N6C(=O)c5ncn[nH]5)nc34)cn2)cc1. The first kappa shape index (κ1) is 25.9. The van der Waals surface area contributed by atoms with Gasteiger partial charge in [-0.05, 0) is 81.7 Å². The van der Waals surface area contributed by atoms with Gasteiger partial charge in [-0.3, -0.25) is 14.9 Å². The van der Waals surface area contributed by atoms with Gasteiger partial charge in [0.25, 0.3) is 5.91 Å². The molecule has 1 aromatic carbocycles. The van der Waals surface area contributed by atoms with Crippen molar-refractivity contribution >= 4 is 17.4 Å². The summed E-state index contributed by atoms with van der Waals surface area (Å²) in [6, 6.07) is 12.4. The normalized spacial score (nSPS) is 21.4. The number of nitrogens with one attached hydrogen (secondary N) is 1. The van der Waals surface area contributed by atoms with Crippen LogP contribution in [0.3, 0.4) is 0 Å². The number of carbonyl (C=O) groups is 1. The summed E-state index contributed by atoms with van der Waals surface area (Å²) in [5.41, 5.74) is 13.6. The van der Waals surface area contributed by atoms with Crippen LogP contribution in [0.1, 0.15) is 79.2 Å². The van der Waals surface area contributed by atoms with Crippen molar-refractivity contribution < 1.29 is 9.53 Å². The average Bonchev–Trinajstić information content (AvgIpc) is 3.41. The van der Waals surface area contributed by atoms with E-state index < -0.39 is 0 Å². The van der Waals surface area contributed by atoms with Crippen molar-refractivity contribution in [2.75, 3.05) is 12.3 Å². The Balaban J connectivity index is 1.12. The van der Waals surface area contributed by atoms with E-state index in [9.17, 15) is 4.79 Å².